The summed E-state index contributed by atoms with van der Waals surface area (Å²) in [6.45, 7) is 4.18. The monoisotopic (exact) mass is 804 g/mol. The van der Waals surface area contributed by atoms with Gasteiger partial charge in [0.1, 0.15) is 0 Å². The minimum Gasteiger partial charge on any atom is -0.394 e. The molecule has 332 valence electrons. The molecule has 0 bridgehead atoms. The van der Waals surface area contributed by atoms with E-state index in [4.69, 9.17) is 0 Å². The van der Waals surface area contributed by atoms with Gasteiger partial charge in [-0.25, -0.2) is 0 Å². The number of carbonyl (C=O) groups is 1. The molecule has 0 fully saturated rings. The molecule has 1 amide bonds. The van der Waals surface area contributed by atoms with Gasteiger partial charge in [0.25, 0.3) is 0 Å². The summed E-state index contributed by atoms with van der Waals surface area (Å²) in [6.07, 6.45) is 72.4. The fourth-order valence-corrected chi connectivity index (χ4v) is 6.84. The van der Waals surface area contributed by atoms with Crippen molar-refractivity contribution >= 4 is 5.91 Å². The van der Waals surface area contributed by atoms with Crippen molar-refractivity contribution in [2.75, 3.05) is 6.61 Å². The minimum absolute atomic E-state index is 0.0918. The highest BCUT2D eigenvalue weighted by Crippen LogP contribution is 2.14. The number of nitrogens with one attached hydrogen (secondary N) is 1. The lowest BCUT2D eigenvalue weighted by molar-refractivity contribution is -0.123. The molecule has 0 rings (SSSR count). The van der Waals surface area contributed by atoms with Crippen LogP contribution in [0.1, 0.15) is 219 Å². The van der Waals surface area contributed by atoms with Crippen LogP contribution >= 0.6 is 0 Å². The molecule has 0 heterocycles. The molecule has 2 atom stereocenters. The Morgan fingerprint density at radius 1 is 0.431 bits per heavy atom. The highest BCUT2D eigenvalue weighted by molar-refractivity contribution is 5.76. The lowest BCUT2D eigenvalue weighted by atomic mass is 10.0. The zero-order valence-corrected chi connectivity index (χ0v) is 38.0. The molecular formula is C54H93NO3. The Balaban J connectivity index is 3.67. The summed E-state index contributed by atoms with van der Waals surface area (Å²) >= 11 is 0. The second kappa shape index (κ2) is 48.7. The van der Waals surface area contributed by atoms with Gasteiger partial charge < -0.3 is 15.5 Å². The first kappa shape index (κ1) is 55.3. The van der Waals surface area contributed by atoms with E-state index < -0.39 is 12.1 Å². The minimum atomic E-state index is -0.876. The number of aliphatic hydroxyl groups excluding tert-OH is 2. The Morgan fingerprint density at radius 3 is 1.21 bits per heavy atom. The molecule has 0 saturated carbocycles. The van der Waals surface area contributed by atoms with Gasteiger partial charge in [-0.2, -0.15) is 0 Å². The third-order valence-electron chi connectivity index (χ3n) is 10.6. The van der Waals surface area contributed by atoms with Crippen LogP contribution < -0.4 is 5.32 Å². The molecule has 0 saturated heterocycles. The van der Waals surface area contributed by atoms with E-state index in [1.807, 2.05) is 6.08 Å². The van der Waals surface area contributed by atoms with E-state index in [-0.39, 0.29) is 12.5 Å². The van der Waals surface area contributed by atoms with E-state index >= 15 is 0 Å². The fraction of sp³-hybridized carbons (Fsp3) is 0.685. The SMILES string of the molecule is CC/C=C\C/C=C\C/C=C\C/C=C\C/C=C\C/C=C\CCCCCCCCC(=O)NC(CO)C(O)/C=C/CC/C=C/CCCCCCCCCCCCCCCCC. The third-order valence-corrected chi connectivity index (χ3v) is 10.6. The quantitative estimate of drug-likeness (QED) is 0.0425. The zero-order chi connectivity index (χ0) is 42.1. The summed E-state index contributed by atoms with van der Waals surface area (Å²) in [4.78, 5) is 12.4. The van der Waals surface area contributed by atoms with Crippen LogP contribution in [0.2, 0.25) is 0 Å². The molecule has 3 N–H and O–H groups in total. The molecule has 0 aromatic heterocycles. The van der Waals surface area contributed by atoms with Gasteiger partial charge in [0.15, 0.2) is 0 Å². The van der Waals surface area contributed by atoms with Crippen molar-refractivity contribution in [3.8, 4) is 0 Å². The van der Waals surface area contributed by atoms with Gasteiger partial charge in [0, 0.05) is 6.42 Å². The lowest BCUT2D eigenvalue weighted by Crippen LogP contribution is -2.45. The summed E-state index contributed by atoms with van der Waals surface area (Å²) in [6, 6.07) is -0.654. The number of rotatable bonds is 43. The van der Waals surface area contributed by atoms with Gasteiger partial charge in [-0.05, 0) is 83.5 Å². The van der Waals surface area contributed by atoms with Crippen LogP contribution in [0.3, 0.4) is 0 Å². The van der Waals surface area contributed by atoms with Crippen LogP contribution in [0.25, 0.3) is 0 Å². The number of unbranched alkanes of at least 4 members (excludes halogenated alkanes) is 22. The molecule has 0 radical (unpaired) electrons. The number of hydrogen-bond acceptors (Lipinski definition) is 3. The lowest BCUT2D eigenvalue weighted by Gasteiger charge is -2.19. The number of hydrogen-bond donors (Lipinski definition) is 3. The molecule has 0 aliphatic rings. The first-order chi connectivity index (χ1) is 28.7. The zero-order valence-electron chi connectivity index (χ0n) is 38.0. The van der Waals surface area contributed by atoms with E-state index in [1.54, 1.807) is 6.08 Å². The molecule has 0 aliphatic carbocycles. The smallest absolute Gasteiger partial charge is 0.220 e. The predicted octanol–water partition coefficient (Wildman–Crippen LogP) is 15.8. The largest absolute Gasteiger partial charge is 0.394 e. The van der Waals surface area contributed by atoms with Crippen LogP contribution in [-0.4, -0.2) is 34.9 Å². The summed E-state index contributed by atoms with van der Waals surface area (Å²) in [7, 11) is 0. The highest BCUT2D eigenvalue weighted by atomic mass is 16.3. The van der Waals surface area contributed by atoms with Crippen molar-refractivity contribution in [1.29, 1.82) is 0 Å². The third kappa shape index (κ3) is 44.4. The molecule has 2 unspecified atom stereocenters. The topological polar surface area (TPSA) is 69.6 Å². The standard InChI is InChI=1S/C54H93NO3/c1-3-5-7-9-11-13-15-17-19-21-23-25-26-27-28-30-32-34-36-38-40-42-44-46-48-50-54(58)55-52(51-56)53(57)49-47-45-43-41-39-37-35-33-31-29-24-22-20-18-16-14-12-10-8-6-4-2/h5,7,11,13,17,19,23,25,27-28,32,34,39,41,47,49,52-53,56-57H,3-4,6,8-10,12,14-16,18,20-22,24,26,29-31,33,35-38,40,42-46,48,50-51H2,1-2H3,(H,55,58)/b7-5-,13-11-,19-17-,25-23-,28-27-,34-32-,41-39+,49-47+. The molecule has 0 spiro atoms. The van der Waals surface area contributed by atoms with E-state index in [0.717, 1.165) is 83.5 Å². The van der Waals surface area contributed by atoms with Crippen molar-refractivity contribution in [3.05, 3.63) is 97.2 Å². The Morgan fingerprint density at radius 2 is 0.776 bits per heavy atom. The second-order valence-electron chi connectivity index (χ2n) is 16.1. The summed E-state index contributed by atoms with van der Waals surface area (Å²) in [5.41, 5.74) is 0. The number of aliphatic hydroxyl groups is 2. The average molecular weight is 804 g/mol. The van der Waals surface area contributed by atoms with Gasteiger partial charge in [-0.1, -0.05) is 227 Å². The van der Waals surface area contributed by atoms with Crippen molar-refractivity contribution in [2.24, 2.45) is 0 Å². The summed E-state index contributed by atoms with van der Waals surface area (Å²) in [5, 5.41) is 23.1. The Hall–Kier alpha value is -2.69. The summed E-state index contributed by atoms with van der Waals surface area (Å²) in [5.74, 6) is -0.0918. The van der Waals surface area contributed by atoms with Gasteiger partial charge >= 0.3 is 0 Å². The molecule has 0 aromatic rings. The van der Waals surface area contributed by atoms with Crippen molar-refractivity contribution < 1.29 is 15.0 Å². The number of allylic oxidation sites excluding steroid dienone is 15. The fourth-order valence-electron chi connectivity index (χ4n) is 6.84. The molecule has 4 heteroatoms. The van der Waals surface area contributed by atoms with Crippen LogP contribution in [-0.2, 0) is 4.79 Å². The Kier molecular flexibility index (Phi) is 46.4. The average Bonchev–Trinajstić information content (AvgIpc) is 3.23. The van der Waals surface area contributed by atoms with Crippen LogP contribution in [0.5, 0.6) is 0 Å². The number of amides is 1. The summed E-state index contributed by atoms with van der Waals surface area (Å²) < 4.78 is 0. The Labute approximate surface area is 360 Å². The first-order valence-electron chi connectivity index (χ1n) is 24.5. The Bertz CT molecular complexity index is 1090. The van der Waals surface area contributed by atoms with Crippen LogP contribution in [0.4, 0.5) is 0 Å². The molecule has 0 aromatic carbocycles. The maximum absolute atomic E-state index is 12.4. The maximum atomic E-state index is 12.4. The first-order valence-corrected chi connectivity index (χ1v) is 24.5. The highest BCUT2D eigenvalue weighted by Gasteiger charge is 2.17. The van der Waals surface area contributed by atoms with Gasteiger partial charge in [0.2, 0.25) is 5.91 Å². The van der Waals surface area contributed by atoms with E-state index in [9.17, 15) is 15.0 Å². The molecule has 0 aliphatic heterocycles. The van der Waals surface area contributed by atoms with Gasteiger partial charge in [0.05, 0.1) is 18.8 Å². The number of carbonyl (C=O) groups excluding carboxylic acids is 1. The van der Waals surface area contributed by atoms with E-state index in [0.29, 0.717) is 6.42 Å². The maximum Gasteiger partial charge on any atom is 0.220 e. The van der Waals surface area contributed by atoms with Crippen LogP contribution in [0, 0.1) is 0 Å². The van der Waals surface area contributed by atoms with Gasteiger partial charge in [-0.15, -0.1) is 0 Å². The predicted molar refractivity (Wildman–Crippen MR) is 257 cm³/mol. The normalized spacial score (nSPS) is 13.8. The van der Waals surface area contributed by atoms with Crippen LogP contribution in [0.15, 0.2) is 97.2 Å². The van der Waals surface area contributed by atoms with Crippen molar-refractivity contribution in [2.45, 2.75) is 231 Å². The van der Waals surface area contributed by atoms with Crippen molar-refractivity contribution in [3.63, 3.8) is 0 Å². The van der Waals surface area contributed by atoms with E-state index in [2.05, 4.69) is 104 Å². The van der Waals surface area contributed by atoms with Gasteiger partial charge in [-0.3, -0.25) is 4.79 Å². The molecule has 58 heavy (non-hydrogen) atoms. The van der Waals surface area contributed by atoms with Crippen molar-refractivity contribution in [1.82, 2.24) is 5.32 Å². The molecule has 4 nitrogen and oxygen atoms in total. The second-order valence-corrected chi connectivity index (χ2v) is 16.1. The molecular weight excluding hydrogens is 711 g/mol. The van der Waals surface area contributed by atoms with E-state index in [1.165, 1.54) is 116 Å².